The first-order valence-electron chi connectivity index (χ1n) is 10.6. The van der Waals surface area contributed by atoms with Gasteiger partial charge < -0.3 is 9.64 Å². The van der Waals surface area contributed by atoms with Crippen molar-refractivity contribution in [3.63, 3.8) is 0 Å². The van der Waals surface area contributed by atoms with Crippen LogP contribution in [0.15, 0.2) is 66.0 Å². The van der Waals surface area contributed by atoms with Crippen molar-refractivity contribution < 1.29 is 17.9 Å². The molecule has 2 aromatic heterocycles. The smallest absolute Gasteiger partial charge is 0.274 e. The SMILES string of the molecule is O=C(c1cnc(-n2ccc3cc(NS(=O)(=O)c4cc(Cl)cc(Cl)c4)ccc32)cn1)N1CCOCC1. The third-order valence-corrected chi connectivity index (χ3v) is 7.29. The van der Waals surface area contributed by atoms with E-state index in [9.17, 15) is 13.2 Å². The van der Waals surface area contributed by atoms with Gasteiger partial charge in [-0.3, -0.25) is 14.1 Å². The molecule has 1 amide bonds. The number of aromatic nitrogens is 3. The number of amides is 1. The maximum Gasteiger partial charge on any atom is 0.274 e. The van der Waals surface area contributed by atoms with Crippen molar-refractivity contribution in [3.8, 4) is 5.82 Å². The molecule has 1 N–H and O–H groups in total. The summed E-state index contributed by atoms with van der Waals surface area (Å²) in [5.41, 5.74) is 1.44. The molecular weight excluding hydrogens is 513 g/mol. The van der Waals surface area contributed by atoms with Gasteiger partial charge in [-0.05, 0) is 42.5 Å². The zero-order valence-corrected chi connectivity index (χ0v) is 20.5. The summed E-state index contributed by atoms with van der Waals surface area (Å²) in [6.07, 6.45) is 4.79. The fourth-order valence-electron chi connectivity index (χ4n) is 3.79. The Morgan fingerprint density at radius 3 is 2.40 bits per heavy atom. The lowest BCUT2D eigenvalue weighted by Gasteiger charge is -2.26. The number of ether oxygens (including phenoxy) is 1. The number of hydrogen-bond donors (Lipinski definition) is 1. The molecule has 1 saturated heterocycles. The summed E-state index contributed by atoms with van der Waals surface area (Å²) in [4.78, 5) is 23.0. The van der Waals surface area contributed by atoms with Gasteiger partial charge in [0.25, 0.3) is 15.9 Å². The van der Waals surface area contributed by atoms with Crippen molar-refractivity contribution in [1.29, 1.82) is 0 Å². The van der Waals surface area contributed by atoms with Gasteiger partial charge in [0.05, 0.1) is 36.0 Å². The highest BCUT2D eigenvalue weighted by Crippen LogP contribution is 2.27. The molecule has 35 heavy (non-hydrogen) atoms. The average molecular weight is 532 g/mol. The number of fused-ring (bicyclic) bond motifs is 1. The zero-order valence-electron chi connectivity index (χ0n) is 18.2. The van der Waals surface area contributed by atoms with Gasteiger partial charge in [-0.15, -0.1) is 0 Å². The lowest BCUT2D eigenvalue weighted by molar-refractivity contribution is 0.0298. The molecule has 0 radical (unpaired) electrons. The van der Waals surface area contributed by atoms with Crippen molar-refractivity contribution in [1.82, 2.24) is 19.4 Å². The minimum Gasteiger partial charge on any atom is -0.378 e. The minimum atomic E-state index is -3.89. The second-order valence-corrected chi connectivity index (χ2v) is 10.4. The number of anilines is 1. The van der Waals surface area contributed by atoms with Gasteiger partial charge in [-0.25, -0.2) is 18.4 Å². The average Bonchev–Trinajstić information content (AvgIpc) is 3.26. The van der Waals surface area contributed by atoms with Crippen molar-refractivity contribution in [3.05, 3.63) is 76.8 Å². The van der Waals surface area contributed by atoms with Crippen molar-refractivity contribution in [2.24, 2.45) is 0 Å². The van der Waals surface area contributed by atoms with E-state index < -0.39 is 10.0 Å². The molecule has 0 aliphatic carbocycles. The Morgan fingerprint density at radius 1 is 0.971 bits per heavy atom. The molecule has 5 rings (SSSR count). The van der Waals surface area contributed by atoms with Gasteiger partial charge >= 0.3 is 0 Å². The molecule has 4 aromatic rings. The molecule has 1 aliphatic rings. The molecule has 12 heteroatoms. The lowest BCUT2D eigenvalue weighted by Crippen LogP contribution is -2.41. The summed E-state index contributed by atoms with van der Waals surface area (Å²) in [5, 5.41) is 1.23. The van der Waals surface area contributed by atoms with Gasteiger partial charge in [-0.1, -0.05) is 23.2 Å². The van der Waals surface area contributed by atoms with Gasteiger partial charge in [0.2, 0.25) is 0 Å². The summed E-state index contributed by atoms with van der Waals surface area (Å²) in [5.74, 6) is 0.350. The minimum absolute atomic E-state index is 0.0327. The molecule has 180 valence electrons. The number of sulfonamides is 1. The van der Waals surface area contributed by atoms with Crippen LogP contribution in [-0.2, 0) is 14.8 Å². The van der Waals surface area contributed by atoms with Crippen LogP contribution in [0.3, 0.4) is 0 Å². The number of hydrogen-bond acceptors (Lipinski definition) is 6. The Labute approximate surface area is 211 Å². The summed E-state index contributed by atoms with van der Waals surface area (Å²) < 4.78 is 35.2. The van der Waals surface area contributed by atoms with Crippen LogP contribution in [0, 0.1) is 0 Å². The van der Waals surface area contributed by atoms with Crippen LogP contribution in [0.1, 0.15) is 10.5 Å². The number of rotatable bonds is 5. The Kier molecular flexibility index (Phi) is 6.37. The van der Waals surface area contributed by atoms with Crippen LogP contribution in [0.2, 0.25) is 10.0 Å². The molecular formula is C23H19Cl2N5O4S. The van der Waals surface area contributed by atoms with Crippen molar-refractivity contribution in [2.75, 3.05) is 31.0 Å². The summed E-state index contributed by atoms with van der Waals surface area (Å²) in [6.45, 7) is 2.08. The van der Waals surface area contributed by atoms with Crippen LogP contribution in [-0.4, -0.2) is 60.1 Å². The number of carbonyl (C=O) groups is 1. The number of morpholine rings is 1. The van der Waals surface area contributed by atoms with E-state index in [0.29, 0.717) is 37.8 Å². The van der Waals surface area contributed by atoms with E-state index in [2.05, 4.69) is 14.7 Å². The van der Waals surface area contributed by atoms with Gasteiger partial charge in [0, 0.05) is 40.4 Å². The number of halogens is 2. The quantitative estimate of drug-likeness (QED) is 0.417. The highest BCUT2D eigenvalue weighted by molar-refractivity contribution is 7.92. The Bertz CT molecular complexity index is 1500. The van der Waals surface area contributed by atoms with E-state index in [1.807, 2.05) is 6.07 Å². The first kappa shape index (κ1) is 23.6. The molecule has 0 spiro atoms. The Morgan fingerprint density at radius 2 is 1.71 bits per heavy atom. The number of nitrogens with zero attached hydrogens (tertiary/aromatic N) is 4. The Hall–Kier alpha value is -3.18. The maximum atomic E-state index is 12.8. The monoisotopic (exact) mass is 531 g/mol. The first-order valence-corrected chi connectivity index (χ1v) is 12.8. The molecule has 1 fully saturated rings. The molecule has 0 atom stereocenters. The second-order valence-electron chi connectivity index (χ2n) is 7.83. The molecule has 0 saturated carbocycles. The highest BCUT2D eigenvalue weighted by atomic mass is 35.5. The predicted octanol–water partition coefficient (Wildman–Crippen LogP) is 4.00. The molecule has 0 bridgehead atoms. The normalized spacial score (nSPS) is 14.3. The topological polar surface area (TPSA) is 106 Å². The largest absolute Gasteiger partial charge is 0.378 e. The molecule has 1 aliphatic heterocycles. The third-order valence-electron chi connectivity index (χ3n) is 5.49. The molecule has 0 unspecified atom stereocenters. The molecule has 3 heterocycles. The van der Waals surface area contributed by atoms with Crippen molar-refractivity contribution >= 4 is 55.7 Å². The summed E-state index contributed by atoms with van der Waals surface area (Å²) in [6, 6.07) is 11.1. The van der Waals surface area contributed by atoms with Crippen molar-refractivity contribution in [2.45, 2.75) is 4.90 Å². The molecule has 2 aromatic carbocycles. The standard InChI is InChI=1S/C23H19Cl2N5O4S/c24-16-10-17(25)12-19(11-16)35(32,33)28-18-1-2-21-15(9-18)3-4-30(21)22-14-26-20(13-27-22)23(31)29-5-7-34-8-6-29/h1-4,9-14,28H,5-8H2. The molecule has 9 nitrogen and oxygen atoms in total. The van der Waals surface area contributed by atoms with Crippen LogP contribution in [0.4, 0.5) is 5.69 Å². The van der Waals surface area contributed by atoms with Crippen LogP contribution in [0.25, 0.3) is 16.7 Å². The number of carbonyl (C=O) groups excluding carboxylic acids is 1. The lowest BCUT2D eigenvalue weighted by atomic mass is 10.2. The fourth-order valence-corrected chi connectivity index (χ4v) is 5.56. The first-order chi connectivity index (χ1) is 16.8. The van der Waals surface area contributed by atoms with E-state index in [0.717, 1.165) is 10.9 Å². The Balaban J connectivity index is 1.37. The number of nitrogens with one attached hydrogen (secondary N) is 1. The third kappa shape index (κ3) is 4.96. The van der Waals surface area contributed by atoms with Crippen LogP contribution in [0.5, 0.6) is 0 Å². The summed E-state index contributed by atoms with van der Waals surface area (Å²) in [7, 11) is -3.89. The summed E-state index contributed by atoms with van der Waals surface area (Å²) >= 11 is 11.9. The van der Waals surface area contributed by atoms with E-state index in [-0.39, 0.29) is 26.5 Å². The second kappa shape index (κ2) is 9.46. The van der Waals surface area contributed by atoms with Gasteiger partial charge in [0.1, 0.15) is 5.69 Å². The van der Waals surface area contributed by atoms with E-state index in [1.54, 1.807) is 33.9 Å². The van der Waals surface area contributed by atoms with Crippen LogP contribution >= 0.6 is 23.2 Å². The maximum absolute atomic E-state index is 12.8. The van der Waals surface area contributed by atoms with E-state index in [1.165, 1.54) is 30.6 Å². The van der Waals surface area contributed by atoms with E-state index >= 15 is 0 Å². The van der Waals surface area contributed by atoms with Gasteiger partial charge in [-0.2, -0.15) is 0 Å². The van der Waals surface area contributed by atoms with Gasteiger partial charge in [0.15, 0.2) is 5.82 Å². The highest BCUT2D eigenvalue weighted by Gasteiger charge is 2.20. The predicted molar refractivity (Wildman–Crippen MR) is 133 cm³/mol. The number of benzene rings is 2. The zero-order chi connectivity index (χ0) is 24.6. The van der Waals surface area contributed by atoms with E-state index in [4.69, 9.17) is 27.9 Å². The fraction of sp³-hybridized carbons (Fsp3) is 0.174. The van der Waals surface area contributed by atoms with Crippen LogP contribution < -0.4 is 4.72 Å².